The minimum absolute atomic E-state index is 0.190. The zero-order valence-corrected chi connectivity index (χ0v) is 15.2. The van der Waals surface area contributed by atoms with E-state index in [-0.39, 0.29) is 4.90 Å². The van der Waals surface area contributed by atoms with E-state index in [0.717, 1.165) is 0 Å². The Morgan fingerprint density at radius 3 is 2.45 bits per heavy atom. The van der Waals surface area contributed by atoms with Crippen LogP contribution in [0.3, 0.4) is 0 Å². The minimum Gasteiger partial charge on any atom is -0.222 e. The van der Waals surface area contributed by atoms with Crippen molar-refractivity contribution in [1.29, 1.82) is 5.26 Å². The maximum atomic E-state index is 12.8. The van der Waals surface area contributed by atoms with Crippen LogP contribution in [0, 0.1) is 23.2 Å². The second-order valence-corrected chi connectivity index (χ2v) is 9.59. The van der Waals surface area contributed by atoms with Gasteiger partial charge in [-0.05, 0) is 58.8 Å². The van der Waals surface area contributed by atoms with Crippen molar-refractivity contribution in [2.24, 2.45) is 11.8 Å². The van der Waals surface area contributed by atoms with E-state index in [1.807, 2.05) is 0 Å². The van der Waals surface area contributed by atoms with Gasteiger partial charge in [0.15, 0.2) is 14.6 Å². The van der Waals surface area contributed by atoms with Crippen LogP contribution < -0.4 is 0 Å². The van der Waals surface area contributed by atoms with Gasteiger partial charge in [0.1, 0.15) is 0 Å². The second-order valence-electron chi connectivity index (χ2n) is 5.60. The first-order valence-electron chi connectivity index (χ1n) is 6.34. The number of hydrogen-bond donors (Lipinski definition) is 0. The van der Waals surface area contributed by atoms with E-state index in [0.29, 0.717) is 33.6 Å². The van der Waals surface area contributed by atoms with Gasteiger partial charge < -0.3 is 0 Å². The molecule has 20 heavy (non-hydrogen) atoms. The van der Waals surface area contributed by atoms with Crippen molar-refractivity contribution in [3.63, 3.8) is 0 Å². The smallest absolute Gasteiger partial charge is 0.198 e. The molecule has 1 fully saturated rings. The second kappa shape index (κ2) is 5.43. The molecule has 1 aliphatic rings. The summed E-state index contributed by atoms with van der Waals surface area (Å²) >= 11 is 6.56. The summed E-state index contributed by atoms with van der Waals surface area (Å²) in [6, 6.07) is 7.06. The first-order valence-corrected chi connectivity index (χ1v) is 9.41. The van der Waals surface area contributed by atoms with E-state index in [2.05, 4.69) is 51.8 Å². The molecule has 1 saturated carbocycles. The maximum Gasteiger partial charge on any atom is 0.198 e. The first kappa shape index (κ1) is 16.0. The van der Waals surface area contributed by atoms with Crippen molar-refractivity contribution in [3.05, 3.63) is 27.1 Å². The average Bonchev–Trinajstić information content (AvgIpc) is 2.30. The molecule has 1 aromatic rings. The van der Waals surface area contributed by atoms with Crippen molar-refractivity contribution in [3.8, 4) is 6.07 Å². The Balaban J connectivity index is 2.45. The third kappa shape index (κ3) is 2.44. The molecule has 0 saturated heterocycles. The number of sulfone groups is 1. The van der Waals surface area contributed by atoms with Crippen molar-refractivity contribution in [2.75, 3.05) is 0 Å². The van der Waals surface area contributed by atoms with Gasteiger partial charge in [0.2, 0.25) is 0 Å². The summed E-state index contributed by atoms with van der Waals surface area (Å²) in [7, 11) is -3.67. The molecule has 0 aromatic heterocycles. The first-order chi connectivity index (χ1) is 9.23. The monoisotopic (exact) mass is 419 g/mol. The molecule has 2 rings (SSSR count). The molecule has 0 bridgehead atoms. The average molecular weight is 421 g/mol. The van der Waals surface area contributed by atoms with Gasteiger partial charge in [0.05, 0.1) is 11.0 Å². The highest BCUT2D eigenvalue weighted by Crippen LogP contribution is 2.50. The summed E-state index contributed by atoms with van der Waals surface area (Å²) in [5.41, 5.74) is 0. The number of nitriles is 1. The number of hydrogen-bond acceptors (Lipinski definition) is 3. The number of halogens is 2. The van der Waals surface area contributed by atoms with Gasteiger partial charge >= 0.3 is 0 Å². The molecule has 0 N–H and O–H groups in total. The fraction of sp³-hybridized carbons (Fsp3) is 0.500. The van der Waals surface area contributed by atoms with E-state index < -0.39 is 14.6 Å². The molecule has 1 aromatic carbocycles. The fourth-order valence-corrected chi connectivity index (χ4v) is 5.94. The van der Waals surface area contributed by atoms with E-state index in [9.17, 15) is 13.7 Å². The highest BCUT2D eigenvalue weighted by atomic mass is 79.9. The quantitative estimate of drug-likeness (QED) is 0.731. The van der Waals surface area contributed by atoms with Crippen LogP contribution in [-0.2, 0) is 9.84 Å². The lowest BCUT2D eigenvalue weighted by atomic mass is 9.69. The predicted octanol–water partition coefficient (Wildman–Crippen LogP) is 4.31. The molecule has 108 valence electrons. The zero-order chi connectivity index (χ0) is 15.1. The molecule has 0 radical (unpaired) electrons. The summed E-state index contributed by atoms with van der Waals surface area (Å²) in [5.74, 6) is 0.702. The number of benzene rings is 1. The predicted molar refractivity (Wildman–Crippen MR) is 84.9 cm³/mol. The van der Waals surface area contributed by atoms with E-state index in [1.54, 1.807) is 18.2 Å². The molecule has 6 heteroatoms. The van der Waals surface area contributed by atoms with Crippen LogP contribution in [0.25, 0.3) is 0 Å². The van der Waals surface area contributed by atoms with Gasteiger partial charge in [-0.2, -0.15) is 5.26 Å². The van der Waals surface area contributed by atoms with Gasteiger partial charge in [-0.25, -0.2) is 8.42 Å². The lowest BCUT2D eigenvalue weighted by Gasteiger charge is -2.43. The Morgan fingerprint density at radius 2 is 1.95 bits per heavy atom. The molecule has 0 spiro atoms. The Bertz CT molecular complexity index is 671. The molecule has 0 atom stereocenters. The van der Waals surface area contributed by atoms with Gasteiger partial charge in [-0.15, -0.1) is 0 Å². The molecule has 0 amide bonds. The Morgan fingerprint density at radius 1 is 1.35 bits per heavy atom. The lowest BCUT2D eigenvalue weighted by Crippen LogP contribution is -2.50. The van der Waals surface area contributed by atoms with Crippen LogP contribution in [0.5, 0.6) is 0 Å². The highest BCUT2D eigenvalue weighted by Gasteiger charge is 2.56. The van der Waals surface area contributed by atoms with Gasteiger partial charge in [-0.3, -0.25) is 0 Å². The van der Waals surface area contributed by atoms with Crippen molar-refractivity contribution in [2.45, 2.75) is 36.3 Å². The van der Waals surface area contributed by atoms with Gasteiger partial charge in [0, 0.05) is 8.95 Å². The molecule has 0 unspecified atom stereocenters. The standard InChI is InChI=1S/C14H15Br2NO2S/c1-9(2)10-6-14(7-10,8-17)20(18,19)13-5-11(15)3-4-12(13)16/h3-5,9-10H,6-7H2,1-2H3. The zero-order valence-electron chi connectivity index (χ0n) is 11.2. The number of rotatable bonds is 3. The summed E-state index contributed by atoms with van der Waals surface area (Å²) in [4.78, 5) is 0.190. The molecular weight excluding hydrogens is 406 g/mol. The number of nitrogens with zero attached hydrogens (tertiary/aromatic N) is 1. The van der Waals surface area contributed by atoms with Gasteiger partial charge in [0.25, 0.3) is 0 Å². The molecule has 3 nitrogen and oxygen atoms in total. The molecule has 0 aliphatic heterocycles. The third-order valence-electron chi connectivity index (χ3n) is 4.03. The van der Waals surface area contributed by atoms with Gasteiger partial charge in [-0.1, -0.05) is 29.8 Å². The SMILES string of the molecule is CC(C)C1CC(C#N)(S(=O)(=O)c2cc(Br)ccc2Br)C1. The molecule has 1 aliphatic carbocycles. The highest BCUT2D eigenvalue weighted by molar-refractivity contribution is 9.11. The van der Waals surface area contributed by atoms with Crippen LogP contribution in [0.2, 0.25) is 0 Å². The summed E-state index contributed by atoms with van der Waals surface area (Å²) in [6.45, 7) is 4.13. The Kier molecular flexibility index (Phi) is 4.35. The van der Waals surface area contributed by atoms with Crippen molar-refractivity contribution >= 4 is 41.7 Å². The fourth-order valence-electron chi connectivity index (χ4n) is 2.52. The van der Waals surface area contributed by atoms with E-state index in [4.69, 9.17) is 0 Å². The minimum atomic E-state index is -3.67. The van der Waals surface area contributed by atoms with Crippen LogP contribution in [-0.4, -0.2) is 13.2 Å². The van der Waals surface area contributed by atoms with Crippen LogP contribution >= 0.6 is 31.9 Å². The summed E-state index contributed by atoms with van der Waals surface area (Å²) < 4.78 is 25.6. The summed E-state index contributed by atoms with van der Waals surface area (Å²) in [6.07, 6.45) is 0.838. The van der Waals surface area contributed by atoms with E-state index >= 15 is 0 Å². The molecular formula is C14H15Br2NO2S. The van der Waals surface area contributed by atoms with E-state index in [1.165, 1.54) is 0 Å². The summed E-state index contributed by atoms with van der Waals surface area (Å²) in [5, 5.41) is 9.44. The third-order valence-corrected chi connectivity index (χ3v) is 7.85. The topological polar surface area (TPSA) is 57.9 Å². The van der Waals surface area contributed by atoms with Crippen LogP contribution in [0.4, 0.5) is 0 Å². The largest absolute Gasteiger partial charge is 0.222 e. The van der Waals surface area contributed by atoms with Crippen LogP contribution in [0.1, 0.15) is 26.7 Å². The Hall–Kier alpha value is -0.380. The van der Waals surface area contributed by atoms with Crippen LogP contribution in [0.15, 0.2) is 32.0 Å². The Labute approximate surface area is 136 Å². The molecule has 0 heterocycles. The lowest BCUT2D eigenvalue weighted by molar-refractivity contribution is 0.198. The maximum absolute atomic E-state index is 12.8. The normalized spacial score (nSPS) is 26.1. The van der Waals surface area contributed by atoms with Crippen molar-refractivity contribution in [1.82, 2.24) is 0 Å². The van der Waals surface area contributed by atoms with Crippen molar-refractivity contribution < 1.29 is 8.42 Å².